The minimum Gasteiger partial charge on any atom is -0.497 e. The maximum atomic E-state index is 13.9. The van der Waals surface area contributed by atoms with Crippen LogP contribution in [0.5, 0.6) is 69.0 Å². The van der Waals surface area contributed by atoms with Gasteiger partial charge >= 0.3 is 12.1 Å². The molecule has 4 heterocycles. The van der Waals surface area contributed by atoms with Crippen LogP contribution < -0.4 is 59.8 Å². The second kappa shape index (κ2) is 46.2. The lowest BCUT2D eigenvalue weighted by atomic mass is 9.76. The Labute approximate surface area is 842 Å². The van der Waals surface area contributed by atoms with E-state index in [1.807, 2.05) is 4.90 Å². The fourth-order valence-electron chi connectivity index (χ4n) is 22.0. The van der Waals surface area contributed by atoms with Crippen LogP contribution in [0.25, 0.3) is 0 Å². The lowest BCUT2D eigenvalue weighted by Crippen LogP contribution is -2.51. The maximum Gasteiger partial charge on any atom is 0.390 e. The molecular formula is C103H127F3N8O27S4. The van der Waals surface area contributed by atoms with Gasteiger partial charge in [0.1, 0.15) is 74.8 Å². The number of nitrogens with zero attached hydrogens (tertiary/aromatic N) is 4. The van der Waals surface area contributed by atoms with Crippen LogP contribution in [-0.2, 0) is 68.1 Å². The highest BCUT2D eigenvalue weighted by atomic mass is 32.2. The molecule has 4 saturated carbocycles. The fourth-order valence-corrected chi connectivity index (χ4v) is 30.5. The number of piperidine rings is 4. The molecule has 0 bridgehead atoms. The summed E-state index contributed by atoms with van der Waals surface area (Å²) in [5, 5.41) is 47.0. The molecule has 8 fully saturated rings. The third-order valence-electron chi connectivity index (χ3n) is 30.4. The van der Waals surface area contributed by atoms with Crippen LogP contribution in [0.3, 0.4) is 0 Å². The van der Waals surface area contributed by atoms with Gasteiger partial charge in [-0.05, 0) is 416 Å². The molecule has 8 aromatic rings. The van der Waals surface area contributed by atoms with Gasteiger partial charge in [0.15, 0.2) is 58.3 Å². The largest absolute Gasteiger partial charge is 0.497 e. The number of rotatable bonds is 32. The van der Waals surface area contributed by atoms with E-state index in [1.165, 1.54) is 72.8 Å². The first-order valence-electron chi connectivity index (χ1n) is 48.1. The summed E-state index contributed by atoms with van der Waals surface area (Å²) in [7, 11) is -10.3. The number of benzene rings is 8. The van der Waals surface area contributed by atoms with Crippen molar-refractivity contribution in [2.45, 2.75) is 200 Å². The van der Waals surface area contributed by atoms with E-state index in [9.17, 15) is 96.4 Å². The van der Waals surface area contributed by atoms with Crippen molar-refractivity contribution >= 4 is 74.7 Å². The quantitative estimate of drug-likeness (QED) is 0.0140. The van der Waals surface area contributed by atoms with Gasteiger partial charge in [0.2, 0.25) is 0 Å². The number of hydrogen-bond acceptors (Lipinski definition) is 30. The van der Waals surface area contributed by atoms with Crippen LogP contribution in [0.4, 0.5) is 13.2 Å². The number of amides is 4. The molecule has 8 aromatic carbocycles. The van der Waals surface area contributed by atoms with E-state index < -0.39 is 111 Å². The molecule has 8 aliphatic rings. The van der Waals surface area contributed by atoms with Gasteiger partial charge in [-0.3, -0.25) is 59.4 Å². The number of sulfone groups is 4. The number of carbonyl (C=O) groups excluding carboxylic acids is 5. The standard InChI is InChI=1S/C26H31F3N2O6S.C26H32N2O7S.C26H34N2O6S.C25H30N2O8S/c1-36-19-2-4-20(5-3-19)37-21-6-8-22(9-7-21)38(34,35)25(23(32)30-33)11-10-24(18-25)12-15-31(16-13-24)17-14-26(27,28)29;1-19(29)17-28-15-13-25(14-16-28)11-12-26(18-25,24(30)27-31)36(32,33)23-9-7-22(8-10-23)35-21-5-3-20(34-2)4-6-21;1-3-16-28-17-14-25(15-18-28)12-13-26(19-25,24(29)27-30)35(31,32)23-10-8-22(9-11-23)34-21-6-4-20(33-2)5-7-21;1-34-18-2-4-19(5-3-18)35-20-6-8-21(9-7-20)36(32,33)25(23(30)26-31)11-10-24(17-25)12-14-27(15-13-24)16-22(28)29/h2-9,33H,10-18H2,1H3,(H,30,32);3-10,31H,11-18H2,1-2H3,(H,27,30);4-11,30H,3,12-19H2,1-2H3,(H,27,29);2-9,31H,10-17H2,1H3,(H,26,30)(H,28,29). The Morgan fingerprint density at radius 2 is 0.497 bits per heavy atom. The summed E-state index contributed by atoms with van der Waals surface area (Å²) in [6, 6.07) is 51.5. The maximum absolute atomic E-state index is 13.9. The molecule has 4 aliphatic heterocycles. The number of Topliss-reactive ketones (excluding diaryl/α,β-unsaturated/α-hetero) is 1. The number of carboxylic acids is 1. The molecule has 35 nitrogen and oxygen atoms in total. The summed E-state index contributed by atoms with van der Waals surface area (Å²) in [6.07, 6.45) is 4.15. The Hall–Kier alpha value is -11.6. The number of likely N-dealkylation sites (tertiary alicyclic amines) is 4. The molecule has 4 spiro atoms. The molecule has 786 valence electrons. The Balaban J connectivity index is 0.000000162. The average Bonchev–Trinajstić information content (AvgIpc) is 1.61. The third-order valence-corrected chi connectivity index (χ3v) is 40.3. The number of methoxy groups -OCH3 is 4. The zero-order chi connectivity index (χ0) is 105. The predicted octanol–water partition coefficient (Wildman–Crippen LogP) is 15.1. The summed E-state index contributed by atoms with van der Waals surface area (Å²) in [5.74, 6) is 2.21. The van der Waals surface area contributed by atoms with Gasteiger partial charge in [-0.1, -0.05) is 6.92 Å². The van der Waals surface area contributed by atoms with Crippen molar-refractivity contribution in [1.29, 1.82) is 0 Å². The first-order chi connectivity index (χ1) is 68.9. The molecule has 4 unspecified atom stereocenters. The minimum atomic E-state index is -4.24. The van der Waals surface area contributed by atoms with Crippen LogP contribution in [0.1, 0.15) is 155 Å². The normalized spacial score (nSPS) is 21.9. The zero-order valence-electron chi connectivity index (χ0n) is 81.8. The first kappa shape index (κ1) is 111. The number of aliphatic carboxylic acids is 1. The first-order valence-corrected chi connectivity index (χ1v) is 54.0. The number of carboxylic acid groups (broad SMARTS) is 1. The van der Waals surface area contributed by atoms with Crippen molar-refractivity contribution < 1.29 is 139 Å². The van der Waals surface area contributed by atoms with Gasteiger partial charge in [0.25, 0.3) is 23.6 Å². The SMILES string of the molecule is CCCN1CCC2(CC1)CCC(C(=O)NO)(S(=O)(=O)c1ccc(Oc3ccc(OC)cc3)cc1)C2.COc1ccc(Oc2ccc(S(=O)(=O)C3(C(=O)NO)CCC4(CCN(CC(=O)O)CC4)C3)cc2)cc1.COc1ccc(Oc2ccc(S(=O)(=O)C3(C(=O)NO)CCC4(CCN(CC(C)=O)CC4)C3)cc2)cc1.COc1ccc(Oc2ccc(S(=O)(=O)C3(C(=O)NO)CCC4(CCN(CCC(F)(F)F)CC4)C3)cc2)cc1. The number of nitrogens with one attached hydrogen (secondary N) is 4. The van der Waals surface area contributed by atoms with Crippen LogP contribution in [0.15, 0.2) is 214 Å². The molecule has 42 heteroatoms. The summed E-state index contributed by atoms with van der Waals surface area (Å²) in [4.78, 5) is 82.1. The van der Waals surface area contributed by atoms with Crippen molar-refractivity contribution in [3.8, 4) is 69.0 Å². The summed E-state index contributed by atoms with van der Waals surface area (Å²) in [6.45, 7) is 9.91. The number of carbonyl (C=O) groups is 6. The summed E-state index contributed by atoms with van der Waals surface area (Å²) < 4.78 is 185. The zero-order valence-corrected chi connectivity index (χ0v) is 85.1. The minimum absolute atomic E-state index is 0.000698. The Morgan fingerprint density at radius 3 is 0.683 bits per heavy atom. The van der Waals surface area contributed by atoms with Crippen molar-refractivity contribution in [3.63, 3.8) is 0 Å². The lowest BCUT2D eigenvalue weighted by molar-refractivity contribution is -0.140. The van der Waals surface area contributed by atoms with Crippen molar-refractivity contribution in [2.24, 2.45) is 21.7 Å². The predicted molar refractivity (Wildman–Crippen MR) is 525 cm³/mol. The van der Waals surface area contributed by atoms with E-state index in [0.29, 0.717) is 179 Å². The van der Waals surface area contributed by atoms with E-state index in [0.717, 1.165) is 38.9 Å². The summed E-state index contributed by atoms with van der Waals surface area (Å²) >= 11 is 0. The highest BCUT2D eigenvalue weighted by Crippen LogP contribution is 2.60. The fraction of sp³-hybridized carbons (Fsp3) is 0.476. The Kier molecular flexibility index (Phi) is 35.3. The lowest BCUT2D eigenvalue weighted by Gasteiger charge is -2.40. The molecule has 145 heavy (non-hydrogen) atoms. The molecule has 4 aliphatic carbocycles. The van der Waals surface area contributed by atoms with Gasteiger partial charge in [0.05, 0.1) is 67.5 Å². The molecule has 16 rings (SSSR count). The van der Waals surface area contributed by atoms with Crippen LogP contribution in [0.2, 0.25) is 0 Å². The number of ether oxygens (including phenoxy) is 8. The van der Waals surface area contributed by atoms with E-state index in [2.05, 4.69) is 16.7 Å². The monoisotopic (exact) mass is 2090 g/mol. The van der Waals surface area contributed by atoms with Gasteiger partial charge in [-0.2, -0.15) is 13.2 Å². The number of hydroxylamine groups is 4. The highest BCUT2D eigenvalue weighted by molar-refractivity contribution is 7.94. The van der Waals surface area contributed by atoms with Crippen molar-refractivity contribution in [2.75, 3.05) is 107 Å². The topological polar surface area (TPSA) is 475 Å². The average molecular weight is 2090 g/mol. The molecule has 0 radical (unpaired) electrons. The Morgan fingerprint density at radius 1 is 0.303 bits per heavy atom. The molecule has 4 amide bonds. The van der Waals surface area contributed by atoms with E-state index in [-0.39, 0.29) is 101 Å². The van der Waals surface area contributed by atoms with Crippen molar-refractivity contribution in [1.82, 2.24) is 41.5 Å². The van der Waals surface area contributed by atoms with E-state index in [4.69, 9.17) is 43.0 Å². The van der Waals surface area contributed by atoms with Crippen LogP contribution >= 0.6 is 0 Å². The van der Waals surface area contributed by atoms with Gasteiger partial charge in [-0.15, -0.1) is 0 Å². The van der Waals surface area contributed by atoms with Gasteiger partial charge in [-0.25, -0.2) is 55.6 Å². The molecule has 4 atom stereocenters. The van der Waals surface area contributed by atoms with E-state index >= 15 is 0 Å². The van der Waals surface area contributed by atoms with Gasteiger partial charge < -0.3 is 52.8 Å². The second-order valence-electron chi connectivity index (χ2n) is 39.2. The Bertz CT molecular complexity index is 6100. The highest BCUT2D eigenvalue weighted by Gasteiger charge is 2.65. The van der Waals surface area contributed by atoms with E-state index in [1.54, 1.807) is 184 Å². The summed E-state index contributed by atoms with van der Waals surface area (Å²) in [5.41, 5.74) is 4.98. The van der Waals surface area contributed by atoms with Gasteiger partial charge in [0, 0.05) is 6.54 Å². The number of halogens is 3. The molecule has 0 aromatic heterocycles. The molecule has 4 saturated heterocycles. The van der Waals surface area contributed by atoms with Crippen LogP contribution in [-0.4, -0.2) is 247 Å². The smallest absolute Gasteiger partial charge is 0.390 e. The molecule has 9 N–H and O–H groups in total. The number of hydrogen-bond donors (Lipinski definition) is 9. The number of ketones is 1. The van der Waals surface area contributed by atoms with Crippen LogP contribution in [0, 0.1) is 21.7 Å². The number of alkyl halides is 3. The van der Waals surface area contributed by atoms with Crippen molar-refractivity contribution in [3.05, 3.63) is 194 Å². The molecular weight excluding hydrogens is 1970 g/mol. The third kappa shape index (κ3) is 24.8. The second-order valence-corrected chi connectivity index (χ2v) is 48.2.